The number of benzene rings is 3. The molecule has 3 aromatic carbocycles. The van der Waals surface area contributed by atoms with Crippen LogP contribution < -0.4 is 5.32 Å². The summed E-state index contributed by atoms with van der Waals surface area (Å²) in [5.41, 5.74) is 1.29. The standard InChI is InChI=1S/C26H23ClFN3O3S/c1-26(2,3)31-24(17-7-11-19(28)12-8-17)23(16-29-31)25(32)30-20-5-4-6-22(15-20)35(33,34)21-13-9-18(27)10-14-21/h4-16H,1-3H3,(H,30,32). The van der Waals surface area contributed by atoms with Gasteiger partial charge in [0, 0.05) is 16.3 Å². The number of aromatic nitrogens is 2. The van der Waals surface area contributed by atoms with Gasteiger partial charge in [-0.1, -0.05) is 17.7 Å². The summed E-state index contributed by atoms with van der Waals surface area (Å²) >= 11 is 5.88. The summed E-state index contributed by atoms with van der Waals surface area (Å²) in [4.78, 5) is 13.4. The lowest BCUT2D eigenvalue weighted by Crippen LogP contribution is -2.24. The van der Waals surface area contributed by atoms with Crippen molar-refractivity contribution in [2.75, 3.05) is 5.32 Å². The fourth-order valence-electron chi connectivity index (χ4n) is 3.60. The zero-order valence-electron chi connectivity index (χ0n) is 19.3. The van der Waals surface area contributed by atoms with Crippen molar-refractivity contribution in [2.24, 2.45) is 0 Å². The van der Waals surface area contributed by atoms with Gasteiger partial charge >= 0.3 is 0 Å². The average Bonchev–Trinajstić information content (AvgIpc) is 3.26. The van der Waals surface area contributed by atoms with Gasteiger partial charge in [0.25, 0.3) is 5.91 Å². The third kappa shape index (κ3) is 5.13. The van der Waals surface area contributed by atoms with Crippen LogP contribution in [0.5, 0.6) is 0 Å². The Morgan fingerprint density at radius 2 is 1.63 bits per heavy atom. The Kier molecular flexibility index (Phi) is 6.53. The third-order valence-corrected chi connectivity index (χ3v) is 7.31. The molecule has 1 amide bonds. The first-order valence-electron chi connectivity index (χ1n) is 10.7. The largest absolute Gasteiger partial charge is 0.322 e. The first-order chi connectivity index (χ1) is 16.5. The second-order valence-electron chi connectivity index (χ2n) is 8.94. The van der Waals surface area contributed by atoms with E-state index in [0.29, 0.717) is 22.0 Å². The molecule has 0 aliphatic rings. The van der Waals surface area contributed by atoms with Gasteiger partial charge in [-0.05, 0) is 87.5 Å². The summed E-state index contributed by atoms with van der Waals surface area (Å²) in [6.45, 7) is 5.83. The molecule has 35 heavy (non-hydrogen) atoms. The Bertz CT molecular complexity index is 1490. The lowest BCUT2D eigenvalue weighted by atomic mass is 10.0. The summed E-state index contributed by atoms with van der Waals surface area (Å²) in [7, 11) is -3.81. The molecule has 0 fully saturated rings. The summed E-state index contributed by atoms with van der Waals surface area (Å²) in [5, 5.41) is 7.60. The Labute approximate surface area is 208 Å². The van der Waals surface area contributed by atoms with Gasteiger partial charge in [-0.15, -0.1) is 0 Å². The third-order valence-electron chi connectivity index (χ3n) is 5.29. The number of anilines is 1. The second kappa shape index (κ2) is 9.28. The van der Waals surface area contributed by atoms with E-state index in [0.717, 1.165) is 0 Å². The maximum absolute atomic E-state index is 13.5. The fraction of sp³-hybridized carbons (Fsp3) is 0.154. The number of sulfone groups is 1. The first kappa shape index (κ1) is 24.6. The Morgan fingerprint density at radius 1 is 0.971 bits per heavy atom. The summed E-state index contributed by atoms with van der Waals surface area (Å²) in [5.74, 6) is -0.860. The van der Waals surface area contributed by atoms with Crippen LogP contribution in [0.15, 0.2) is 88.8 Å². The lowest BCUT2D eigenvalue weighted by molar-refractivity contribution is 0.102. The van der Waals surface area contributed by atoms with Crippen LogP contribution in [0.2, 0.25) is 5.02 Å². The molecule has 0 radical (unpaired) electrons. The van der Waals surface area contributed by atoms with Crippen molar-refractivity contribution in [1.29, 1.82) is 0 Å². The van der Waals surface area contributed by atoms with Gasteiger partial charge in [-0.3, -0.25) is 9.48 Å². The molecule has 0 aliphatic heterocycles. The van der Waals surface area contributed by atoms with Crippen molar-refractivity contribution in [3.8, 4) is 11.3 Å². The zero-order valence-corrected chi connectivity index (χ0v) is 20.9. The highest BCUT2D eigenvalue weighted by Gasteiger charge is 2.26. The molecule has 4 aromatic rings. The van der Waals surface area contributed by atoms with E-state index in [1.54, 1.807) is 28.9 Å². The second-order valence-corrected chi connectivity index (χ2v) is 11.3. The highest BCUT2D eigenvalue weighted by Crippen LogP contribution is 2.30. The number of carbonyl (C=O) groups excluding carboxylic acids is 1. The lowest BCUT2D eigenvalue weighted by Gasteiger charge is -2.23. The molecule has 1 N–H and O–H groups in total. The normalized spacial score (nSPS) is 11.9. The molecule has 0 saturated heterocycles. The molecule has 180 valence electrons. The van der Waals surface area contributed by atoms with Crippen LogP contribution in [0.25, 0.3) is 11.3 Å². The maximum Gasteiger partial charge on any atom is 0.259 e. The maximum atomic E-state index is 13.5. The SMILES string of the molecule is CC(C)(C)n1ncc(C(=O)Nc2cccc(S(=O)(=O)c3ccc(Cl)cc3)c2)c1-c1ccc(F)cc1. The minimum Gasteiger partial charge on any atom is -0.322 e. The molecular formula is C26H23ClFN3O3S. The molecule has 6 nitrogen and oxygen atoms in total. The molecular weight excluding hydrogens is 489 g/mol. The van der Waals surface area contributed by atoms with Gasteiger partial charge in [0.05, 0.1) is 32.8 Å². The van der Waals surface area contributed by atoms with Crippen molar-refractivity contribution in [3.05, 3.63) is 95.4 Å². The molecule has 1 aromatic heterocycles. The monoisotopic (exact) mass is 511 g/mol. The molecule has 9 heteroatoms. The van der Waals surface area contributed by atoms with Crippen LogP contribution in [0.1, 0.15) is 31.1 Å². The van der Waals surface area contributed by atoms with Gasteiger partial charge < -0.3 is 5.32 Å². The number of carbonyl (C=O) groups is 1. The van der Waals surface area contributed by atoms with Crippen LogP contribution in [0.3, 0.4) is 0 Å². The number of hydrogen-bond donors (Lipinski definition) is 1. The molecule has 0 bridgehead atoms. The van der Waals surface area contributed by atoms with Gasteiger partial charge in [0.2, 0.25) is 9.84 Å². The smallest absolute Gasteiger partial charge is 0.259 e. The predicted octanol–water partition coefficient (Wildman–Crippen LogP) is 6.18. The van der Waals surface area contributed by atoms with E-state index in [2.05, 4.69) is 10.4 Å². The van der Waals surface area contributed by atoms with E-state index in [1.807, 2.05) is 20.8 Å². The van der Waals surface area contributed by atoms with Crippen molar-refractivity contribution in [1.82, 2.24) is 9.78 Å². The number of nitrogens with zero attached hydrogens (tertiary/aromatic N) is 2. The van der Waals surface area contributed by atoms with Crippen LogP contribution in [0, 0.1) is 5.82 Å². The Balaban J connectivity index is 1.69. The van der Waals surface area contributed by atoms with Crippen molar-refractivity contribution in [3.63, 3.8) is 0 Å². The van der Waals surface area contributed by atoms with E-state index in [-0.39, 0.29) is 21.2 Å². The van der Waals surface area contributed by atoms with E-state index in [1.165, 1.54) is 54.7 Å². The van der Waals surface area contributed by atoms with Gasteiger partial charge in [0.1, 0.15) is 5.82 Å². The summed E-state index contributed by atoms with van der Waals surface area (Å²) in [6, 6.07) is 17.7. The predicted molar refractivity (Wildman–Crippen MR) is 134 cm³/mol. The quantitative estimate of drug-likeness (QED) is 0.347. The number of hydrogen-bond acceptors (Lipinski definition) is 4. The van der Waals surface area contributed by atoms with Crippen LogP contribution in [-0.4, -0.2) is 24.1 Å². The van der Waals surface area contributed by atoms with Crippen molar-refractivity contribution in [2.45, 2.75) is 36.1 Å². The first-order valence-corrected chi connectivity index (χ1v) is 12.6. The fourth-order valence-corrected chi connectivity index (χ4v) is 5.03. The van der Waals surface area contributed by atoms with Gasteiger partial charge in [-0.25, -0.2) is 12.8 Å². The highest BCUT2D eigenvalue weighted by atomic mass is 35.5. The van der Waals surface area contributed by atoms with Gasteiger partial charge in [0.15, 0.2) is 0 Å². The van der Waals surface area contributed by atoms with Crippen LogP contribution in [-0.2, 0) is 15.4 Å². The van der Waals surface area contributed by atoms with Crippen LogP contribution in [0.4, 0.5) is 10.1 Å². The Hall–Kier alpha value is -3.49. The topological polar surface area (TPSA) is 81.1 Å². The summed E-state index contributed by atoms with van der Waals surface area (Å²) < 4.78 is 41.3. The molecule has 1 heterocycles. The van der Waals surface area contributed by atoms with E-state index in [9.17, 15) is 17.6 Å². The molecule has 0 atom stereocenters. The molecule has 0 unspecified atom stereocenters. The number of amides is 1. The minimum absolute atomic E-state index is 0.0294. The van der Waals surface area contributed by atoms with Crippen LogP contribution >= 0.6 is 11.6 Å². The molecule has 0 saturated carbocycles. The number of nitrogens with one attached hydrogen (secondary N) is 1. The number of halogens is 2. The highest BCUT2D eigenvalue weighted by molar-refractivity contribution is 7.91. The zero-order chi connectivity index (χ0) is 25.4. The van der Waals surface area contributed by atoms with Gasteiger partial charge in [-0.2, -0.15) is 5.10 Å². The number of rotatable bonds is 5. The molecule has 0 aliphatic carbocycles. The van der Waals surface area contributed by atoms with E-state index >= 15 is 0 Å². The van der Waals surface area contributed by atoms with E-state index < -0.39 is 21.3 Å². The molecule has 4 rings (SSSR count). The van der Waals surface area contributed by atoms with E-state index in [4.69, 9.17) is 11.6 Å². The summed E-state index contributed by atoms with van der Waals surface area (Å²) in [6.07, 6.45) is 1.45. The average molecular weight is 512 g/mol. The minimum atomic E-state index is -3.81. The Morgan fingerprint density at radius 3 is 2.26 bits per heavy atom. The van der Waals surface area contributed by atoms with Crippen molar-refractivity contribution < 1.29 is 17.6 Å². The van der Waals surface area contributed by atoms with Crippen molar-refractivity contribution >= 4 is 33.0 Å². The molecule has 0 spiro atoms.